The zero-order chi connectivity index (χ0) is 13.3. The molecule has 0 aromatic heterocycles. The van der Waals surface area contributed by atoms with Crippen LogP contribution in [0.3, 0.4) is 0 Å². The van der Waals surface area contributed by atoms with Gasteiger partial charge >= 0.3 is 6.18 Å². The van der Waals surface area contributed by atoms with Crippen LogP contribution in [0.1, 0.15) is 20.3 Å². The SMILES string of the molecule is CCNC(=O)C(C)NCCCOCC(F)(F)F. The Morgan fingerprint density at radius 3 is 2.59 bits per heavy atom. The molecule has 0 heterocycles. The summed E-state index contributed by atoms with van der Waals surface area (Å²) in [6, 6.07) is -0.349. The predicted octanol–water partition coefficient (Wildman–Crippen LogP) is 1.07. The minimum atomic E-state index is -4.28. The monoisotopic (exact) mass is 256 g/mol. The third kappa shape index (κ3) is 10.1. The van der Waals surface area contributed by atoms with Gasteiger partial charge in [-0.2, -0.15) is 13.2 Å². The van der Waals surface area contributed by atoms with Gasteiger partial charge in [-0.1, -0.05) is 0 Å². The molecule has 0 aliphatic carbocycles. The highest BCUT2D eigenvalue weighted by Crippen LogP contribution is 2.14. The van der Waals surface area contributed by atoms with Crippen molar-refractivity contribution in [3.8, 4) is 0 Å². The molecular weight excluding hydrogens is 237 g/mol. The number of hydrogen-bond donors (Lipinski definition) is 2. The number of halogens is 3. The summed E-state index contributed by atoms with van der Waals surface area (Å²) in [6.07, 6.45) is -3.85. The van der Waals surface area contributed by atoms with Gasteiger partial charge in [-0.05, 0) is 26.8 Å². The molecule has 17 heavy (non-hydrogen) atoms. The van der Waals surface area contributed by atoms with E-state index >= 15 is 0 Å². The number of hydrogen-bond acceptors (Lipinski definition) is 3. The van der Waals surface area contributed by atoms with E-state index in [-0.39, 0.29) is 18.6 Å². The Balaban J connectivity index is 3.42. The highest BCUT2D eigenvalue weighted by atomic mass is 19.4. The van der Waals surface area contributed by atoms with Crippen molar-refractivity contribution in [2.24, 2.45) is 0 Å². The second kappa shape index (κ2) is 8.30. The van der Waals surface area contributed by atoms with Crippen LogP contribution in [-0.4, -0.2) is 44.4 Å². The van der Waals surface area contributed by atoms with Crippen molar-refractivity contribution in [1.82, 2.24) is 10.6 Å². The fourth-order valence-electron chi connectivity index (χ4n) is 1.10. The highest BCUT2D eigenvalue weighted by Gasteiger charge is 2.27. The average molecular weight is 256 g/mol. The maximum Gasteiger partial charge on any atom is 0.411 e. The van der Waals surface area contributed by atoms with E-state index < -0.39 is 12.8 Å². The lowest BCUT2D eigenvalue weighted by atomic mass is 10.3. The van der Waals surface area contributed by atoms with Gasteiger partial charge in [-0.25, -0.2) is 0 Å². The molecule has 0 aliphatic rings. The molecule has 0 bridgehead atoms. The molecule has 1 atom stereocenters. The van der Waals surface area contributed by atoms with Gasteiger partial charge in [0.15, 0.2) is 0 Å². The Kier molecular flexibility index (Phi) is 7.90. The Morgan fingerprint density at radius 2 is 2.06 bits per heavy atom. The third-order valence-corrected chi connectivity index (χ3v) is 1.93. The minimum absolute atomic E-state index is 0.0224. The number of carbonyl (C=O) groups excluding carboxylic acids is 1. The fourth-order valence-corrected chi connectivity index (χ4v) is 1.10. The largest absolute Gasteiger partial charge is 0.411 e. The first-order chi connectivity index (χ1) is 7.87. The molecule has 0 saturated carbocycles. The second-order valence-electron chi connectivity index (χ2n) is 3.59. The zero-order valence-electron chi connectivity index (χ0n) is 10.1. The predicted molar refractivity (Wildman–Crippen MR) is 57.6 cm³/mol. The summed E-state index contributed by atoms with van der Waals surface area (Å²) < 4.78 is 39.5. The maximum atomic E-state index is 11.7. The number of rotatable bonds is 8. The van der Waals surface area contributed by atoms with Gasteiger partial charge in [0.2, 0.25) is 5.91 Å². The van der Waals surface area contributed by atoms with E-state index in [1.54, 1.807) is 6.92 Å². The summed E-state index contributed by atoms with van der Waals surface area (Å²) in [4.78, 5) is 11.2. The molecule has 102 valence electrons. The zero-order valence-corrected chi connectivity index (χ0v) is 10.1. The standard InChI is InChI=1S/C10H19F3N2O2/c1-3-14-9(16)8(2)15-5-4-6-17-7-10(11,12)13/h8,15H,3-7H2,1-2H3,(H,14,16). The minimum Gasteiger partial charge on any atom is -0.372 e. The molecule has 0 aromatic rings. The van der Waals surface area contributed by atoms with Crippen molar-refractivity contribution in [1.29, 1.82) is 0 Å². The number of likely N-dealkylation sites (N-methyl/N-ethyl adjacent to an activating group) is 1. The van der Waals surface area contributed by atoms with E-state index in [0.717, 1.165) is 0 Å². The van der Waals surface area contributed by atoms with Gasteiger partial charge in [-0.15, -0.1) is 0 Å². The molecule has 0 rings (SSSR count). The van der Waals surface area contributed by atoms with Crippen molar-refractivity contribution >= 4 is 5.91 Å². The highest BCUT2D eigenvalue weighted by molar-refractivity contribution is 5.81. The first kappa shape index (κ1) is 16.2. The average Bonchev–Trinajstić information content (AvgIpc) is 2.21. The van der Waals surface area contributed by atoms with Crippen LogP contribution in [0.2, 0.25) is 0 Å². The van der Waals surface area contributed by atoms with Gasteiger partial charge in [0.05, 0.1) is 6.04 Å². The number of nitrogens with one attached hydrogen (secondary N) is 2. The number of carbonyl (C=O) groups is 1. The molecular formula is C10H19F3N2O2. The van der Waals surface area contributed by atoms with Gasteiger partial charge in [0.25, 0.3) is 0 Å². The summed E-state index contributed by atoms with van der Waals surface area (Å²) in [5.74, 6) is -0.122. The molecule has 1 unspecified atom stereocenters. The summed E-state index contributed by atoms with van der Waals surface area (Å²) in [7, 11) is 0. The van der Waals surface area contributed by atoms with E-state index in [4.69, 9.17) is 0 Å². The Hall–Kier alpha value is -0.820. The number of alkyl halides is 3. The molecule has 7 heteroatoms. The lowest BCUT2D eigenvalue weighted by Gasteiger charge is -2.13. The number of amides is 1. The van der Waals surface area contributed by atoms with Crippen LogP contribution in [0.25, 0.3) is 0 Å². The van der Waals surface area contributed by atoms with Crippen LogP contribution in [0.4, 0.5) is 13.2 Å². The molecule has 0 fully saturated rings. The van der Waals surface area contributed by atoms with Crippen molar-refractivity contribution in [3.05, 3.63) is 0 Å². The smallest absolute Gasteiger partial charge is 0.372 e. The molecule has 4 nitrogen and oxygen atoms in total. The molecule has 0 aliphatic heterocycles. The van der Waals surface area contributed by atoms with Crippen LogP contribution in [-0.2, 0) is 9.53 Å². The second-order valence-corrected chi connectivity index (χ2v) is 3.59. The van der Waals surface area contributed by atoms with Crippen LogP contribution in [0.5, 0.6) is 0 Å². The van der Waals surface area contributed by atoms with E-state index in [1.807, 2.05) is 6.92 Å². The van der Waals surface area contributed by atoms with E-state index in [9.17, 15) is 18.0 Å². The van der Waals surface area contributed by atoms with E-state index in [0.29, 0.717) is 19.5 Å². The van der Waals surface area contributed by atoms with Crippen LogP contribution in [0, 0.1) is 0 Å². The van der Waals surface area contributed by atoms with Gasteiger partial charge < -0.3 is 15.4 Å². The fraction of sp³-hybridized carbons (Fsp3) is 0.900. The molecule has 0 spiro atoms. The maximum absolute atomic E-state index is 11.7. The third-order valence-electron chi connectivity index (χ3n) is 1.93. The Bertz CT molecular complexity index is 222. The van der Waals surface area contributed by atoms with Crippen molar-refractivity contribution in [2.45, 2.75) is 32.5 Å². The molecule has 0 radical (unpaired) electrons. The Morgan fingerprint density at radius 1 is 1.41 bits per heavy atom. The first-order valence-electron chi connectivity index (χ1n) is 5.52. The van der Waals surface area contributed by atoms with Crippen LogP contribution in [0.15, 0.2) is 0 Å². The summed E-state index contributed by atoms with van der Waals surface area (Å²) >= 11 is 0. The quantitative estimate of drug-likeness (QED) is 0.639. The van der Waals surface area contributed by atoms with Crippen molar-refractivity contribution in [2.75, 3.05) is 26.3 Å². The Labute approximate surface area is 98.9 Å². The lowest BCUT2D eigenvalue weighted by Crippen LogP contribution is -2.42. The van der Waals surface area contributed by atoms with Crippen LogP contribution < -0.4 is 10.6 Å². The molecule has 2 N–H and O–H groups in total. The normalized spacial score (nSPS) is 13.5. The summed E-state index contributed by atoms with van der Waals surface area (Å²) in [5, 5.41) is 5.53. The molecule has 0 saturated heterocycles. The molecule has 1 amide bonds. The van der Waals surface area contributed by atoms with Crippen molar-refractivity contribution in [3.63, 3.8) is 0 Å². The van der Waals surface area contributed by atoms with E-state index in [1.165, 1.54) is 0 Å². The summed E-state index contributed by atoms with van der Waals surface area (Å²) in [6.45, 7) is 3.31. The molecule has 0 aromatic carbocycles. The van der Waals surface area contributed by atoms with Crippen molar-refractivity contribution < 1.29 is 22.7 Å². The summed E-state index contributed by atoms with van der Waals surface area (Å²) in [5.41, 5.74) is 0. The number of ether oxygens (including phenoxy) is 1. The lowest BCUT2D eigenvalue weighted by molar-refractivity contribution is -0.173. The topological polar surface area (TPSA) is 50.4 Å². The van der Waals surface area contributed by atoms with Crippen LogP contribution >= 0.6 is 0 Å². The van der Waals surface area contributed by atoms with Gasteiger partial charge in [0.1, 0.15) is 6.61 Å². The van der Waals surface area contributed by atoms with Gasteiger partial charge in [-0.3, -0.25) is 4.79 Å². The first-order valence-corrected chi connectivity index (χ1v) is 5.52. The van der Waals surface area contributed by atoms with Gasteiger partial charge in [0, 0.05) is 13.2 Å². The van der Waals surface area contributed by atoms with E-state index in [2.05, 4.69) is 15.4 Å².